The third-order valence-electron chi connectivity index (χ3n) is 6.99. The van der Waals surface area contributed by atoms with Crippen molar-refractivity contribution in [1.82, 2.24) is 9.99 Å². The van der Waals surface area contributed by atoms with Gasteiger partial charge in [0.1, 0.15) is 5.82 Å². The molecular formula is C26H27ClFN3. The minimum atomic E-state index is -0.185. The number of pyridine rings is 1. The number of nitrogens with zero attached hydrogens (tertiary/aromatic N) is 3. The van der Waals surface area contributed by atoms with Gasteiger partial charge in [0.05, 0.1) is 18.3 Å². The van der Waals surface area contributed by atoms with Crippen LogP contribution in [0.5, 0.6) is 0 Å². The molecule has 3 nitrogen and oxygen atoms in total. The number of aromatic nitrogens is 1. The Kier molecular flexibility index (Phi) is 5.66. The van der Waals surface area contributed by atoms with Crippen LogP contribution >= 0.6 is 11.6 Å². The van der Waals surface area contributed by atoms with Crippen molar-refractivity contribution in [3.63, 3.8) is 0 Å². The topological polar surface area (TPSA) is 28.5 Å². The van der Waals surface area contributed by atoms with Crippen LogP contribution in [-0.2, 0) is 6.54 Å². The molecular weight excluding hydrogens is 409 g/mol. The monoisotopic (exact) mass is 435 g/mol. The first-order valence-electron chi connectivity index (χ1n) is 11.2. The van der Waals surface area contributed by atoms with Gasteiger partial charge in [-0.2, -0.15) is 5.10 Å². The second kappa shape index (κ2) is 8.58. The molecule has 1 fully saturated rings. The maximum atomic E-state index is 13.8. The molecule has 3 aromatic rings. The zero-order chi connectivity index (χ0) is 21.4. The lowest BCUT2D eigenvalue weighted by Gasteiger charge is -2.35. The Hall–Kier alpha value is -2.46. The predicted octanol–water partition coefficient (Wildman–Crippen LogP) is 6.93. The molecule has 1 atom stereocenters. The summed E-state index contributed by atoms with van der Waals surface area (Å²) in [6.45, 7) is 3.12. The average molecular weight is 436 g/mol. The average Bonchev–Trinajstić information content (AvgIpc) is 2.79. The van der Waals surface area contributed by atoms with Crippen molar-refractivity contribution in [2.45, 2.75) is 57.5 Å². The number of hydrazone groups is 1. The first-order chi connectivity index (χ1) is 15.1. The Bertz CT molecular complexity index is 1120. The Balaban J connectivity index is 1.21. The van der Waals surface area contributed by atoms with Gasteiger partial charge >= 0.3 is 0 Å². The van der Waals surface area contributed by atoms with E-state index < -0.39 is 0 Å². The van der Waals surface area contributed by atoms with Crippen LogP contribution in [0.4, 0.5) is 4.39 Å². The largest absolute Gasteiger partial charge is 0.290 e. The van der Waals surface area contributed by atoms with Crippen molar-refractivity contribution in [1.29, 1.82) is 0 Å². The highest BCUT2D eigenvalue weighted by Crippen LogP contribution is 2.40. The molecule has 0 bridgehead atoms. The normalized spacial score (nSPS) is 21.8. The highest BCUT2D eigenvalue weighted by Gasteiger charge is 2.27. The van der Waals surface area contributed by atoms with Crippen molar-refractivity contribution >= 4 is 28.7 Å². The van der Waals surface area contributed by atoms with Gasteiger partial charge in [0.2, 0.25) is 0 Å². The molecule has 0 spiro atoms. The van der Waals surface area contributed by atoms with Crippen LogP contribution in [-0.4, -0.2) is 22.2 Å². The summed E-state index contributed by atoms with van der Waals surface area (Å²) in [4.78, 5) is 4.41. The number of halogens is 2. The van der Waals surface area contributed by atoms with Crippen molar-refractivity contribution in [3.8, 4) is 0 Å². The lowest BCUT2D eigenvalue weighted by molar-refractivity contribution is 0.161. The molecule has 1 aromatic heterocycles. The van der Waals surface area contributed by atoms with E-state index in [9.17, 15) is 4.39 Å². The number of fused-ring (bicyclic) bond motifs is 2. The van der Waals surface area contributed by atoms with Crippen LogP contribution in [0.1, 0.15) is 61.6 Å². The smallest absolute Gasteiger partial charge is 0.123 e. The highest BCUT2D eigenvalue weighted by molar-refractivity contribution is 6.30. The van der Waals surface area contributed by atoms with Crippen LogP contribution in [0.25, 0.3) is 10.9 Å². The molecule has 0 amide bonds. The molecule has 5 heteroatoms. The van der Waals surface area contributed by atoms with Gasteiger partial charge < -0.3 is 0 Å². The quantitative estimate of drug-likeness (QED) is 0.444. The third-order valence-corrected chi connectivity index (χ3v) is 7.23. The molecule has 0 saturated heterocycles. The lowest BCUT2D eigenvalue weighted by atomic mass is 9.76. The molecule has 31 heavy (non-hydrogen) atoms. The van der Waals surface area contributed by atoms with Crippen LogP contribution < -0.4 is 0 Å². The van der Waals surface area contributed by atoms with Gasteiger partial charge in [-0.3, -0.25) is 9.99 Å². The van der Waals surface area contributed by atoms with Gasteiger partial charge in [0.15, 0.2) is 0 Å². The Morgan fingerprint density at radius 1 is 1.10 bits per heavy atom. The van der Waals surface area contributed by atoms with E-state index in [-0.39, 0.29) is 5.82 Å². The molecule has 0 N–H and O–H groups in total. The maximum Gasteiger partial charge on any atom is 0.123 e. The van der Waals surface area contributed by atoms with Gasteiger partial charge in [0, 0.05) is 28.2 Å². The van der Waals surface area contributed by atoms with Gasteiger partial charge in [-0.05, 0) is 98.4 Å². The molecule has 1 aliphatic heterocycles. The minimum Gasteiger partial charge on any atom is -0.290 e. The summed E-state index contributed by atoms with van der Waals surface area (Å²) >= 11 is 6.10. The SMILES string of the molecule is CC(CC1CCC(c2ccnc3ccc(F)cc23)CC1)N1Cc2ccc(Cl)cc2C=N1. The third kappa shape index (κ3) is 4.31. The van der Waals surface area contributed by atoms with E-state index in [0.29, 0.717) is 17.9 Å². The Labute approximate surface area is 187 Å². The molecule has 160 valence electrons. The number of rotatable bonds is 4. The van der Waals surface area contributed by atoms with E-state index in [2.05, 4.69) is 34.2 Å². The fraction of sp³-hybridized carbons (Fsp3) is 0.385. The summed E-state index contributed by atoms with van der Waals surface area (Å²) in [7, 11) is 0. The predicted molar refractivity (Wildman–Crippen MR) is 125 cm³/mol. The maximum absolute atomic E-state index is 13.8. The number of benzene rings is 2. The zero-order valence-corrected chi connectivity index (χ0v) is 18.5. The number of hydrogen-bond acceptors (Lipinski definition) is 3. The summed E-state index contributed by atoms with van der Waals surface area (Å²) in [6.07, 6.45) is 9.67. The van der Waals surface area contributed by atoms with E-state index >= 15 is 0 Å². The van der Waals surface area contributed by atoms with Crippen molar-refractivity contribution < 1.29 is 4.39 Å². The molecule has 2 heterocycles. The van der Waals surface area contributed by atoms with Crippen molar-refractivity contribution in [3.05, 3.63) is 76.2 Å². The molecule has 2 aliphatic rings. The van der Waals surface area contributed by atoms with Crippen LogP contribution in [0.3, 0.4) is 0 Å². The first kappa shape index (κ1) is 20.4. The molecule has 2 aromatic carbocycles. The van der Waals surface area contributed by atoms with E-state index in [1.54, 1.807) is 12.1 Å². The van der Waals surface area contributed by atoms with Gasteiger partial charge in [0.25, 0.3) is 0 Å². The fourth-order valence-corrected chi connectivity index (χ4v) is 5.44. The van der Waals surface area contributed by atoms with Crippen LogP contribution in [0.2, 0.25) is 5.02 Å². The molecule has 1 unspecified atom stereocenters. The van der Waals surface area contributed by atoms with Gasteiger partial charge in [-0.15, -0.1) is 0 Å². The zero-order valence-electron chi connectivity index (χ0n) is 17.8. The Morgan fingerprint density at radius 3 is 2.77 bits per heavy atom. The van der Waals surface area contributed by atoms with E-state index in [0.717, 1.165) is 47.3 Å². The van der Waals surface area contributed by atoms with Crippen LogP contribution in [0.15, 0.2) is 53.8 Å². The van der Waals surface area contributed by atoms with E-state index in [4.69, 9.17) is 11.6 Å². The number of hydrogen-bond donors (Lipinski definition) is 0. The summed E-state index contributed by atoms with van der Waals surface area (Å²) in [6, 6.07) is 13.5. The minimum absolute atomic E-state index is 0.185. The van der Waals surface area contributed by atoms with E-state index in [1.165, 1.54) is 30.0 Å². The van der Waals surface area contributed by atoms with Crippen LogP contribution in [0, 0.1) is 11.7 Å². The molecule has 5 rings (SSSR count). The lowest BCUT2D eigenvalue weighted by Crippen LogP contribution is -2.33. The summed E-state index contributed by atoms with van der Waals surface area (Å²) in [5.41, 5.74) is 4.55. The molecule has 1 saturated carbocycles. The van der Waals surface area contributed by atoms with Gasteiger partial charge in [-0.25, -0.2) is 4.39 Å². The summed E-state index contributed by atoms with van der Waals surface area (Å²) in [5.74, 6) is 1.01. The Morgan fingerprint density at radius 2 is 1.94 bits per heavy atom. The summed E-state index contributed by atoms with van der Waals surface area (Å²) in [5, 5.41) is 8.63. The second-order valence-electron chi connectivity index (χ2n) is 9.05. The molecule has 0 radical (unpaired) electrons. The second-order valence-corrected chi connectivity index (χ2v) is 9.49. The molecule has 1 aliphatic carbocycles. The van der Waals surface area contributed by atoms with Crippen molar-refractivity contribution in [2.24, 2.45) is 11.0 Å². The fourth-order valence-electron chi connectivity index (χ4n) is 5.26. The highest BCUT2D eigenvalue weighted by atomic mass is 35.5. The van der Waals surface area contributed by atoms with Gasteiger partial charge in [-0.1, -0.05) is 17.7 Å². The first-order valence-corrected chi connectivity index (χ1v) is 11.6. The summed E-state index contributed by atoms with van der Waals surface area (Å²) < 4.78 is 13.8. The standard InChI is InChI=1S/C26H27ClFN3/c1-17(31-16-20-6-7-22(27)13-21(20)15-30-31)12-18-2-4-19(5-3-18)24-10-11-29-26-9-8-23(28)14-25(24)26/h6-11,13-15,17-19H,2-5,12,16H2,1H3. The van der Waals surface area contributed by atoms with Crippen molar-refractivity contribution in [2.75, 3.05) is 0 Å². The van der Waals surface area contributed by atoms with E-state index in [1.807, 2.05) is 24.5 Å².